The summed E-state index contributed by atoms with van der Waals surface area (Å²) in [6.07, 6.45) is 1.28. The zero-order chi connectivity index (χ0) is 14.2. The van der Waals surface area contributed by atoms with Crippen molar-refractivity contribution in [3.8, 4) is 0 Å². The smallest absolute Gasteiger partial charge is 0.148 e. The van der Waals surface area contributed by atoms with Crippen LogP contribution in [0.25, 0.3) is 0 Å². The Balaban J connectivity index is 3.42. The van der Waals surface area contributed by atoms with Gasteiger partial charge in [-0.25, -0.2) is 8.42 Å². The topological polar surface area (TPSA) is 34.1 Å². The Labute approximate surface area is 119 Å². The highest BCUT2D eigenvalue weighted by atomic mass is 79.9. The Morgan fingerprint density at radius 3 is 1.56 bits per heavy atom. The molecule has 1 aromatic carbocycles. The molecule has 1 rings (SSSR count). The Morgan fingerprint density at radius 2 is 1.22 bits per heavy atom. The van der Waals surface area contributed by atoms with E-state index >= 15 is 0 Å². The van der Waals surface area contributed by atoms with Gasteiger partial charge in [-0.1, -0.05) is 15.9 Å². The summed E-state index contributed by atoms with van der Waals surface area (Å²) in [5.41, 5.74) is 7.33. The van der Waals surface area contributed by atoms with Crippen molar-refractivity contribution in [3.05, 3.63) is 33.4 Å². The van der Waals surface area contributed by atoms with Gasteiger partial charge >= 0.3 is 0 Å². The fourth-order valence-corrected chi connectivity index (χ4v) is 5.17. The normalized spacial score (nSPS) is 13.7. The average Bonchev–Trinajstić information content (AvgIpc) is 2.21. The molecule has 1 atom stereocenters. The first-order valence-electron chi connectivity index (χ1n) is 5.95. The SMILES string of the molecule is Cc1c(C)c(C)c(C(Br)CS(C)(=O)=O)c(C)c1C. The van der Waals surface area contributed by atoms with Crippen molar-refractivity contribution in [2.24, 2.45) is 0 Å². The van der Waals surface area contributed by atoms with Gasteiger partial charge in [-0.05, 0) is 68.0 Å². The zero-order valence-electron chi connectivity index (χ0n) is 11.9. The molecule has 0 radical (unpaired) electrons. The summed E-state index contributed by atoms with van der Waals surface area (Å²) in [5, 5.41) is 0. The van der Waals surface area contributed by atoms with E-state index in [1.54, 1.807) is 0 Å². The molecule has 1 aromatic rings. The molecule has 102 valence electrons. The van der Waals surface area contributed by atoms with Crippen LogP contribution in [0.2, 0.25) is 0 Å². The van der Waals surface area contributed by atoms with Gasteiger partial charge in [0.15, 0.2) is 0 Å². The maximum atomic E-state index is 11.4. The van der Waals surface area contributed by atoms with E-state index in [0.717, 1.165) is 5.56 Å². The van der Waals surface area contributed by atoms with E-state index in [1.807, 2.05) is 0 Å². The third kappa shape index (κ3) is 3.15. The quantitative estimate of drug-likeness (QED) is 0.790. The molecule has 0 saturated carbocycles. The Kier molecular flexibility index (Phi) is 4.65. The summed E-state index contributed by atoms with van der Waals surface area (Å²) in [7, 11) is -2.99. The first kappa shape index (κ1) is 15.7. The minimum atomic E-state index is -2.99. The summed E-state index contributed by atoms with van der Waals surface area (Å²) < 4.78 is 22.9. The maximum absolute atomic E-state index is 11.4. The Morgan fingerprint density at radius 1 is 0.889 bits per heavy atom. The second kappa shape index (κ2) is 5.33. The van der Waals surface area contributed by atoms with Crippen molar-refractivity contribution in [2.75, 3.05) is 12.0 Å². The van der Waals surface area contributed by atoms with E-state index in [1.165, 1.54) is 34.1 Å². The number of halogens is 1. The summed E-state index contributed by atoms with van der Waals surface area (Å²) in [5.74, 6) is 0.136. The van der Waals surface area contributed by atoms with E-state index in [0.29, 0.717) is 0 Å². The van der Waals surface area contributed by atoms with E-state index in [4.69, 9.17) is 0 Å². The lowest BCUT2D eigenvalue weighted by Gasteiger charge is -2.21. The summed E-state index contributed by atoms with van der Waals surface area (Å²) in [4.78, 5) is -0.134. The minimum absolute atomic E-state index is 0.134. The van der Waals surface area contributed by atoms with E-state index < -0.39 is 9.84 Å². The standard InChI is InChI=1S/C14H21BrO2S/c1-8-9(2)11(4)14(12(5)10(8)3)13(15)7-18(6,16)17/h13H,7H2,1-6H3. The zero-order valence-corrected chi connectivity index (χ0v) is 14.3. The number of alkyl halides is 1. The summed E-state index contributed by atoms with van der Waals surface area (Å²) >= 11 is 3.54. The maximum Gasteiger partial charge on any atom is 0.148 e. The number of benzene rings is 1. The highest BCUT2D eigenvalue weighted by Crippen LogP contribution is 2.35. The molecule has 0 aromatic heterocycles. The van der Waals surface area contributed by atoms with Crippen molar-refractivity contribution in [3.63, 3.8) is 0 Å². The third-order valence-electron chi connectivity index (χ3n) is 3.82. The molecule has 0 spiro atoms. The van der Waals surface area contributed by atoms with E-state index in [-0.39, 0.29) is 10.6 Å². The molecule has 0 aliphatic rings. The largest absolute Gasteiger partial charge is 0.229 e. The molecule has 1 unspecified atom stereocenters. The second-order valence-electron chi connectivity index (χ2n) is 5.10. The lowest BCUT2D eigenvalue weighted by molar-refractivity contribution is 0.601. The van der Waals surface area contributed by atoms with Gasteiger partial charge in [0, 0.05) is 6.26 Å². The van der Waals surface area contributed by atoms with Gasteiger partial charge in [0.05, 0.1) is 10.6 Å². The van der Waals surface area contributed by atoms with Crippen molar-refractivity contribution in [1.29, 1.82) is 0 Å². The van der Waals surface area contributed by atoms with E-state index in [2.05, 4.69) is 50.5 Å². The van der Waals surface area contributed by atoms with Crippen LogP contribution in [-0.2, 0) is 9.84 Å². The molecule has 0 amide bonds. The number of sulfone groups is 1. The molecule has 0 heterocycles. The van der Waals surface area contributed by atoms with Crippen molar-refractivity contribution in [2.45, 2.75) is 39.4 Å². The van der Waals surface area contributed by atoms with Crippen LogP contribution in [0.3, 0.4) is 0 Å². The van der Waals surface area contributed by atoms with Crippen LogP contribution in [0.5, 0.6) is 0 Å². The number of hydrogen-bond donors (Lipinski definition) is 0. The Bertz CT molecular complexity index is 545. The second-order valence-corrected chi connectivity index (χ2v) is 8.39. The minimum Gasteiger partial charge on any atom is -0.229 e. The van der Waals surface area contributed by atoms with Crippen molar-refractivity contribution >= 4 is 25.8 Å². The molecule has 0 N–H and O–H groups in total. The number of hydrogen-bond acceptors (Lipinski definition) is 2. The monoisotopic (exact) mass is 332 g/mol. The van der Waals surface area contributed by atoms with Gasteiger partial charge in [0.1, 0.15) is 9.84 Å². The predicted octanol–water partition coefficient (Wildman–Crippen LogP) is 3.71. The van der Waals surface area contributed by atoms with E-state index in [9.17, 15) is 8.42 Å². The van der Waals surface area contributed by atoms with Crippen LogP contribution in [0.4, 0.5) is 0 Å². The highest BCUT2D eigenvalue weighted by Gasteiger charge is 2.21. The molecule has 0 aliphatic heterocycles. The van der Waals surface area contributed by atoms with Crippen molar-refractivity contribution < 1.29 is 8.42 Å². The van der Waals surface area contributed by atoms with Gasteiger partial charge in [0.25, 0.3) is 0 Å². The summed E-state index contributed by atoms with van der Waals surface area (Å²) in [6, 6.07) is 0. The van der Waals surface area contributed by atoms with Gasteiger partial charge < -0.3 is 0 Å². The van der Waals surface area contributed by atoms with Gasteiger partial charge in [-0.15, -0.1) is 0 Å². The molecule has 4 heteroatoms. The van der Waals surface area contributed by atoms with Crippen LogP contribution < -0.4 is 0 Å². The molecule has 0 fully saturated rings. The Hall–Kier alpha value is -0.350. The van der Waals surface area contributed by atoms with Crippen LogP contribution in [-0.4, -0.2) is 20.4 Å². The molecular formula is C14H21BrO2S. The van der Waals surface area contributed by atoms with Crippen LogP contribution in [0.15, 0.2) is 0 Å². The highest BCUT2D eigenvalue weighted by molar-refractivity contribution is 9.09. The fourth-order valence-electron chi connectivity index (χ4n) is 2.35. The third-order valence-corrected chi connectivity index (χ3v) is 5.97. The predicted molar refractivity (Wildman–Crippen MR) is 81.5 cm³/mol. The lowest BCUT2D eigenvalue weighted by atomic mass is 9.88. The number of rotatable bonds is 3. The van der Waals surface area contributed by atoms with Gasteiger partial charge in [0.2, 0.25) is 0 Å². The lowest BCUT2D eigenvalue weighted by Crippen LogP contribution is -2.13. The molecule has 0 saturated heterocycles. The van der Waals surface area contributed by atoms with Crippen LogP contribution in [0, 0.1) is 34.6 Å². The first-order chi connectivity index (χ1) is 8.06. The summed E-state index contributed by atoms with van der Waals surface area (Å²) in [6.45, 7) is 10.5. The molecular weight excluding hydrogens is 312 g/mol. The van der Waals surface area contributed by atoms with Crippen LogP contribution >= 0.6 is 15.9 Å². The molecule has 0 bridgehead atoms. The first-order valence-corrected chi connectivity index (χ1v) is 8.92. The molecule has 18 heavy (non-hydrogen) atoms. The fraction of sp³-hybridized carbons (Fsp3) is 0.571. The molecule has 0 aliphatic carbocycles. The van der Waals surface area contributed by atoms with Crippen molar-refractivity contribution in [1.82, 2.24) is 0 Å². The van der Waals surface area contributed by atoms with Gasteiger partial charge in [-0.2, -0.15) is 0 Å². The average molecular weight is 333 g/mol. The van der Waals surface area contributed by atoms with Crippen LogP contribution in [0.1, 0.15) is 38.2 Å². The van der Waals surface area contributed by atoms with Gasteiger partial charge in [-0.3, -0.25) is 0 Å². The molecule has 2 nitrogen and oxygen atoms in total.